The van der Waals surface area contributed by atoms with E-state index < -0.39 is 16.6 Å². The van der Waals surface area contributed by atoms with Gasteiger partial charge in [0, 0.05) is 0 Å². The van der Waals surface area contributed by atoms with Crippen molar-refractivity contribution in [3.05, 3.63) is 11.6 Å². The van der Waals surface area contributed by atoms with Crippen molar-refractivity contribution in [2.75, 3.05) is 0 Å². The second-order valence-electron chi connectivity index (χ2n) is 17.2. The standard InChI is InChI=1S/C29H50O.C6H18OSi2/c1-7-21(19(2)3)9-8-20(4)25-12-13-26-24-11-10-22-18-23(30)14-16-28(22,5)27(24)15-17-29(25,26)6;1-8(2,3)7-9(4,5)6/h10,19-21,23-27,30H,7-9,11-18H2,1-6H3;1-6H3/t20-,21-,23+,24+,25-,26+,27+,28+,29-;/m1./s1. The van der Waals surface area contributed by atoms with E-state index in [1.165, 1.54) is 57.8 Å². The zero-order valence-electron chi connectivity index (χ0n) is 28.3. The maximum atomic E-state index is 10.2. The molecule has 0 unspecified atom stereocenters. The molecule has 0 radical (unpaired) electrons. The Morgan fingerprint density at radius 2 is 1.54 bits per heavy atom. The third kappa shape index (κ3) is 7.93. The second-order valence-corrected chi connectivity index (χ2v) is 26.4. The molecule has 0 aromatic carbocycles. The van der Waals surface area contributed by atoms with Gasteiger partial charge in [0.05, 0.1) is 6.10 Å². The fourth-order valence-electron chi connectivity index (χ4n) is 10.2. The van der Waals surface area contributed by atoms with E-state index in [1.54, 1.807) is 5.57 Å². The van der Waals surface area contributed by atoms with Gasteiger partial charge in [0.1, 0.15) is 0 Å². The molecular formula is C35H68O2Si2. The number of fused-ring (bicyclic) bond motifs is 5. The van der Waals surface area contributed by atoms with Gasteiger partial charge in [-0.3, -0.25) is 0 Å². The lowest BCUT2D eigenvalue weighted by atomic mass is 9.47. The summed E-state index contributed by atoms with van der Waals surface area (Å²) in [5.41, 5.74) is 2.59. The van der Waals surface area contributed by atoms with Crippen LogP contribution in [0, 0.1) is 52.3 Å². The Morgan fingerprint density at radius 3 is 2.08 bits per heavy atom. The Balaban J connectivity index is 0.000000403. The first-order chi connectivity index (χ1) is 17.9. The van der Waals surface area contributed by atoms with Gasteiger partial charge >= 0.3 is 0 Å². The molecule has 4 heteroatoms. The maximum Gasteiger partial charge on any atom is 0.170 e. The molecule has 228 valence electrons. The molecule has 4 aliphatic rings. The zero-order chi connectivity index (χ0) is 29.4. The summed E-state index contributed by atoms with van der Waals surface area (Å²) in [5, 5.41) is 10.2. The van der Waals surface area contributed by atoms with E-state index in [1.807, 2.05) is 0 Å². The van der Waals surface area contributed by atoms with Crippen molar-refractivity contribution in [1.82, 2.24) is 0 Å². The highest BCUT2D eigenvalue weighted by Crippen LogP contribution is 2.67. The Morgan fingerprint density at radius 1 is 0.897 bits per heavy atom. The smallest absolute Gasteiger partial charge is 0.170 e. The minimum absolute atomic E-state index is 0.0794. The van der Waals surface area contributed by atoms with Crippen LogP contribution in [0.5, 0.6) is 0 Å². The number of allylic oxidation sites excluding steroid dienone is 1. The first-order valence-electron chi connectivity index (χ1n) is 17.0. The predicted octanol–water partition coefficient (Wildman–Crippen LogP) is 10.7. The highest BCUT2D eigenvalue weighted by molar-refractivity contribution is 6.83. The van der Waals surface area contributed by atoms with Crippen LogP contribution in [0.4, 0.5) is 0 Å². The average Bonchev–Trinajstić information content (AvgIpc) is 3.15. The molecule has 0 aromatic heterocycles. The second kappa shape index (κ2) is 12.8. The van der Waals surface area contributed by atoms with Crippen molar-refractivity contribution < 1.29 is 9.22 Å². The Hall–Kier alpha value is 0.0938. The average molecular weight is 577 g/mol. The molecule has 0 bridgehead atoms. The molecule has 1 N–H and O–H groups in total. The minimum atomic E-state index is -1.23. The van der Waals surface area contributed by atoms with Crippen molar-refractivity contribution >= 4 is 16.6 Å². The summed E-state index contributed by atoms with van der Waals surface area (Å²) in [7, 11) is -2.46. The van der Waals surface area contributed by atoms with Gasteiger partial charge in [-0.05, 0) is 149 Å². The number of aliphatic hydroxyl groups is 1. The normalized spacial score (nSPS) is 38.1. The number of hydrogen-bond acceptors (Lipinski definition) is 2. The predicted molar refractivity (Wildman–Crippen MR) is 176 cm³/mol. The highest BCUT2D eigenvalue weighted by atomic mass is 28.4. The Bertz CT molecular complexity index is 811. The highest BCUT2D eigenvalue weighted by Gasteiger charge is 2.59. The van der Waals surface area contributed by atoms with Crippen LogP contribution in [-0.4, -0.2) is 27.8 Å². The third-order valence-electron chi connectivity index (χ3n) is 11.9. The SMILES string of the molecule is CC[C@H](CC[C@@H](C)[C@H]1CC[C@H]2[C@@H]3CC=C4C[C@@H](O)CC[C@]4(C)[C@H]3CC[C@]12C)C(C)C.C[Si](C)(C)O[Si](C)(C)C. The first-order valence-corrected chi connectivity index (χ1v) is 23.8. The molecule has 0 saturated heterocycles. The van der Waals surface area contributed by atoms with Crippen molar-refractivity contribution in [1.29, 1.82) is 0 Å². The minimum Gasteiger partial charge on any atom is -0.456 e. The van der Waals surface area contributed by atoms with Crippen LogP contribution in [0.1, 0.15) is 112 Å². The van der Waals surface area contributed by atoms with Crippen LogP contribution in [0.3, 0.4) is 0 Å². The van der Waals surface area contributed by atoms with E-state index in [0.717, 1.165) is 54.3 Å². The van der Waals surface area contributed by atoms with E-state index in [-0.39, 0.29) is 6.10 Å². The number of hydrogen-bond donors (Lipinski definition) is 1. The molecule has 9 atom stereocenters. The van der Waals surface area contributed by atoms with Crippen LogP contribution in [0.15, 0.2) is 11.6 Å². The van der Waals surface area contributed by atoms with Gasteiger partial charge in [-0.25, -0.2) is 0 Å². The topological polar surface area (TPSA) is 29.5 Å². The summed E-state index contributed by atoms with van der Waals surface area (Å²) in [4.78, 5) is 0. The van der Waals surface area contributed by atoms with E-state index >= 15 is 0 Å². The number of aliphatic hydroxyl groups excluding tert-OH is 1. The van der Waals surface area contributed by atoms with Crippen molar-refractivity contribution in [3.8, 4) is 0 Å². The Kier molecular flexibility index (Phi) is 11.0. The monoisotopic (exact) mass is 576 g/mol. The van der Waals surface area contributed by atoms with Crippen molar-refractivity contribution in [2.24, 2.45) is 52.3 Å². The molecule has 39 heavy (non-hydrogen) atoms. The van der Waals surface area contributed by atoms with Crippen LogP contribution in [-0.2, 0) is 4.12 Å². The largest absolute Gasteiger partial charge is 0.456 e. The summed E-state index contributed by atoms with van der Waals surface area (Å²) < 4.78 is 5.90. The molecule has 0 amide bonds. The maximum absolute atomic E-state index is 10.2. The summed E-state index contributed by atoms with van der Waals surface area (Å²) in [5.74, 6) is 6.31. The van der Waals surface area contributed by atoms with Crippen LogP contribution < -0.4 is 0 Å². The van der Waals surface area contributed by atoms with E-state index in [0.29, 0.717) is 10.8 Å². The van der Waals surface area contributed by atoms with E-state index in [9.17, 15) is 5.11 Å². The summed E-state index contributed by atoms with van der Waals surface area (Å²) in [6.45, 7) is 28.5. The molecule has 4 aliphatic carbocycles. The van der Waals surface area contributed by atoms with Gasteiger partial charge in [-0.1, -0.05) is 66.0 Å². The van der Waals surface area contributed by atoms with Crippen LogP contribution in [0.2, 0.25) is 39.3 Å². The van der Waals surface area contributed by atoms with Gasteiger partial charge in [0.25, 0.3) is 0 Å². The summed E-state index contributed by atoms with van der Waals surface area (Å²) in [6.07, 6.45) is 17.1. The summed E-state index contributed by atoms with van der Waals surface area (Å²) in [6, 6.07) is 0. The molecule has 0 heterocycles. The molecule has 0 spiro atoms. The molecule has 2 nitrogen and oxygen atoms in total. The third-order valence-corrected chi connectivity index (χ3v) is 16.8. The molecule has 3 fully saturated rings. The lowest BCUT2D eigenvalue weighted by molar-refractivity contribution is -0.0575. The van der Waals surface area contributed by atoms with Crippen LogP contribution in [0.25, 0.3) is 0 Å². The number of rotatable bonds is 8. The lowest BCUT2D eigenvalue weighted by Gasteiger charge is -2.58. The van der Waals surface area contributed by atoms with E-state index in [4.69, 9.17) is 4.12 Å². The molecule has 0 aromatic rings. The van der Waals surface area contributed by atoms with Gasteiger partial charge in [-0.2, -0.15) is 0 Å². The Labute approximate surface area is 246 Å². The van der Waals surface area contributed by atoms with Gasteiger partial charge in [-0.15, -0.1) is 0 Å². The molecule has 0 aliphatic heterocycles. The van der Waals surface area contributed by atoms with Crippen molar-refractivity contribution in [2.45, 2.75) is 158 Å². The van der Waals surface area contributed by atoms with Gasteiger partial charge in [0.15, 0.2) is 16.6 Å². The first kappa shape index (κ1) is 33.6. The molecule has 3 saturated carbocycles. The zero-order valence-corrected chi connectivity index (χ0v) is 30.3. The fraction of sp³-hybridized carbons (Fsp3) is 0.943. The van der Waals surface area contributed by atoms with Crippen LogP contribution >= 0.6 is 0 Å². The van der Waals surface area contributed by atoms with E-state index in [2.05, 4.69) is 86.9 Å². The molecule has 4 rings (SSSR count). The van der Waals surface area contributed by atoms with Crippen molar-refractivity contribution in [3.63, 3.8) is 0 Å². The molecular weight excluding hydrogens is 509 g/mol. The van der Waals surface area contributed by atoms with Gasteiger partial charge in [0.2, 0.25) is 0 Å². The quantitative estimate of drug-likeness (QED) is 0.230. The van der Waals surface area contributed by atoms with Gasteiger partial charge < -0.3 is 9.22 Å². The summed E-state index contributed by atoms with van der Waals surface area (Å²) >= 11 is 0. The lowest BCUT2D eigenvalue weighted by Crippen LogP contribution is -2.50. The fourth-order valence-corrected chi connectivity index (χ4v) is 17.6.